The molecule has 3 aromatic heterocycles. The summed E-state index contributed by atoms with van der Waals surface area (Å²) >= 11 is 0. The Morgan fingerprint density at radius 1 is 0.970 bits per heavy atom. The van der Waals surface area contributed by atoms with Crippen LogP contribution < -0.4 is 10.5 Å². The Bertz CT molecular complexity index is 1450. The molecule has 0 fully saturated rings. The predicted octanol–water partition coefficient (Wildman–Crippen LogP) is 3.77. The number of fused-ring (bicyclic) bond motifs is 1. The lowest BCUT2D eigenvalue weighted by Crippen LogP contribution is -2.16. The van der Waals surface area contributed by atoms with Crippen molar-refractivity contribution < 1.29 is 9.53 Å². The Labute approximate surface area is 189 Å². The number of aromatic nitrogens is 5. The molecule has 0 aliphatic heterocycles. The van der Waals surface area contributed by atoms with Gasteiger partial charge in [0.25, 0.3) is 5.91 Å². The van der Waals surface area contributed by atoms with Gasteiger partial charge in [-0.2, -0.15) is 5.10 Å². The maximum Gasteiger partial charge on any atom is 0.268 e. The van der Waals surface area contributed by atoms with E-state index < -0.39 is 5.91 Å². The summed E-state index contributed by atoms with van der Waals surface area (Å²) in [7, 11) is 1.90. The summed E-state index contributed by atoms with van der Waals surface area (Å²) in [4.78, 5) is 24.7. The number of nitrogens with two attached hydrogens (primary N) is 1. The van der Waals surface area contributed by atoms with Gasteiger partial charge in [-0.3, -0.25) is 14.5 Å². The van der Waals surface area contributed by atoms with E-state index in [4.69, 9.17) is 10.5 Å². The van der Waals surface area contributed by atoms with Crippen molar-refractivity contribution >= 4 is 16.8 Å². The molecule has 0 aliphatic rings. The summed E-state index contributed by atoms with van der Waals surface area (Å²) in [5, 5.41) is 5.25. The lowest BCUT2D eigenvalue weighted by atomic mass is 10.0. The van der Waals surface area contributed by atoms with Crippen LogP contribution in [-0.4, -0.2) is 30.6 Å². The number of primary amides is 1. The van der Waals surface area contributed by atoms with E-state index in [2.05, 4.69) is 20.1 Å². The number of carbonyl (C=O) groups is 1. The number of ether oxygens (including phenoxy) is 1. The Morgan fingerprint density at radius 3 is 2.48 bits per heavy atom. The molecule has 0 saturated carbocycles. The molecule has 8 nitrogen and oxygen atoms in total. The van der Waals surface area contributed by atoms with Gasteiger partial charge in [-0.15, -0.1) is 0 Å². The highest BCUT2D eigenvalue weighted by Crippen LogP contribution is 2.31. The average molecular weight is 436 g/mol. The summed E-state index contributed by atoms with van der Waals surface area (Å²) in [6, 6.07) is 18.8. The molecule has 0 aliphatic carbocycles. The fourth-order valence-corrected chi connectivity index (χ4v) is 3.68. The molecule has 162 valence electrons. The molecule has 33 heavy (non-hydrogen) atoms. The molecule has 0 radical (unpaired) electrons. The summed E-state index contributed by atoms with van der Waals surface area (Å²) in [5.74, 6) is 0.438. The molecule has 0 atom stereocenters. The van der Waals surface area contributed by atoms with Crippen molar-refractivity contribution in [2.24, 2.45) is 12.8 Å². The lowest BCUT2D eigenvalue weighted by Gasteiger charge is -2.09. The van der Waals surface area contributed by atoms with Crippen LogP contribution in [0.2, 0.25) is 0 Å². The number of hydrogen-bond donors (Lipinski definition) is 1. The average Bonchev–Trinajstić information content (AvgIpc) is 3.24. The van der Waals surface area contributed by atoms with Gasteiger partial charge >= 0.3 is 0 Å². The van der Waals surface area contributed by atoms with Crippen LogP contribution >= 0.6 is 0 Å². The molecule has 0 spiro atoms. The van der Waals surface area contributed by atoms with E-state index >= 15 is 0 Å². The van der Waals surface area contributed by atoms with Crippen LogP contribution in [0.5, 0.6) is 5.75 Å². The second kappa shape index (κ2) is 8.51. The maximum absolute atomic E-state index is 11.8. The molecule has 2 aromatic carbocycles. The van der Waals surface area contributed by atoms with Gasteiger partial charge < -0.3 is 10.5 Å². The molecule has 3 heterocycles. The highest BCUT2D eigenvalue weighted by molar-refractivity contribution is 6.03. The smallest absolute Gasteiger partial charge is 0.268 e. The van der Waals surface area contributed by atoms with Crippen LogP contribution in [0.4, 0.5) is 0 Å². The third kappa shape index (κ3) is 4.14. The quantitative estimate of drug-likeness (QED) is 0.434. The number of aryl methyl sites for hydroxylation is 1. The minimum Gasteiger partial charge on any atom is -0.486 e. The monoisotopic (exact) mass is 436 g/mol. The SMILES string of the molecule is Cn1cc(-c2ccncc2)c(-c2ccc(OCc3nc(C(N)=O)c4ccccc4n3)cc2)n1. The Kier molecular flexibility index (Phi) is 5.24. The van der Waals surface area contributed by atoms with Crippen LogP contribution in [0.1, 0.15) is 16.3 Å². The molecule has 5 aromatic rings. The van der Waals surface area contributed by atoms with Crippen molar-refractivity contribution in [1.82, 2.24) is 24.7 Å². The van der Waals surface area contributed by atoms with Crippen molar-refractivity contribution in [2.75, 3.05) is 0 Å². The zero-order valence-corrected chi connectivity index (χ0v) is 17.8. The largest absolute Gasteiger partial charge is 0.486 e. The van der Waals surface area contributed by atoms with E-state index in [1.807, 2.05) is 67.8 Å². The molecule has 0 unspecified atom stereocenters. The van der Waals surface area contributed by atoms with Crippen molar-refractivity contribution in [3.63, 3.8) is 0 Å². The fourth-order valence-electron chi connectivity index (χ4n) is 3.68. The number of pyridine rings is 1. The maximum atomic E-state index is 11.8. The number of para-hydroxylation sites is 1. The standard InChI is InChI=1S/C25H20N6O2/c1-31-14-20(16-10-12-27-13-11-16)23(30-31)17-6-8-18(9-7-17)33-15-22-28-21-5-3-2-4-19(21)24(29-22)25(26)32/h2-14H,15H2,1H3,(H2,26,32). The first kappa shape index (κ1) is 20.3. The van der Waals surface area contributed by atoms with E-state index in [1.165, 1.54) is 0 Å². The highest BCUT2D eigenvalue weighted by Gasteiger charge is 2.14. The number of nitrogens with zero attached hydrogens (tertiary/aromatic N) is 5. The zero-order valence-electron chi connectivity index (χ0n) is 17.8. The molecule has 2 N–H and O–H groups in total. The van der Waals surface area contributed by atoms with Crippen molar-refractivity contribution in [2.45, 2.75) is 6.61 Å². The van der Waals surface area contributed by atoms with Crippen molar-refractivity contribution in [1.29, 1.82) is 0 Å². The fraction of sp³-hybridized carbons (Fsp3) is 0.0800. The highest BCUT2D eigenvalue weighted by atomic mass is 16.5. The Balaban J connectivity index is 1.37. The number of benzene rings is 2. The predicted molar refractivity (Wildman–Crippen MR) is 124 cm³/mol. The third-order valence-corrected chi connectivity index (χ3v) is 5.20. The van der Waals surface area contributed by atoms with Gasteiger partial charge in [0.2, 0.25) is 0 Å². The number of carbonyl (C=O) groups excluding carboxylic acids is 1. The van der Waals surface area contributed by atoms with Gasteiger partial charge in [0, 0.05) is 42.2 Å². The first-order valence-corrected chi connectivity index (χ1v) is 10.3. The van der Waals surface area contributed by atoms with Crippen LogP contribution in [0.15, 0.2) is 79.3 Å². The van der Waals surface area contributed by atoms with Crippen LogP contribution in [0.25, 0.3) is 33.3 Å². The lowest BCUT2D eigenvalue weighted by molar-refractivity contribution is 0.0996. The summed E-state index contributed by atoms with van der Waals surface area (Å²) in [5.41, 5.74) is 10.3. The molecule has 8 heteroatoms. The summed E-state index contributed by atoms with van der Waals surface area (Å²) in [6.45, 7) is 0.107. The second-order valence-electron chi connectivity index (χ2n) is 7.48. The molecular formula is C25H20N6O2. The first-order valence-electron chi connectivity index (χ1n) is 10.3. The van der Waals surface area contributed by atoms with Gasteiger partial charge in [-0.25, -0.2) is 9.97 Å². The van der Waals surface area contributed by atoms with Gasteiger partial charge in [-0.05, 0) is 48.0 Å². The van der Waals surface area contributed by atoms with Gasteiger partial charge in [0.1, 0.15) is 23.7 Å². The van der Waals surface area contributed by atoms with Crippen molar-refractivity contribution in [3.05, 3.63) is 90.8 Å². The van der Waals surface area contributed by atoms with Gasteiger partial charge in [0.05, 0.1) is 5.52 Å². The molecule has 5 rings (SSSR count). The van der Waals surface area contributed by atoms with Gasteiger partial charge in [-0.1, -0.05) is 18.2 Å². The zero-order chi connectivity index (χ0) is 22.8. The summed E-state index contributed by atoms with van der Waals surface area (Å²) in [6.07, 6.45) is 5.52. The third-order valence-electron chi connectivity index (χ3n) is 5.20. The second-order valence-corrected chi connectivity index (χ2v) is 7.48. The van der Waals surface area contributed by atoms with Crippen LogP contribution in [0, 0.1) is 0 Å². The minimum atomic E-state index is -0.598. The van der Waals surface area contributed by atoms with Crippen LogP contribution in [0.3, 0.4) is 0 Å². The minimum absolute atomic E-state index is 0.107. The molecule has 1 amide bonds. The first-order chi connectivity index (χ1) is 16.1. The number of hydrogen-bond acceptors (Lipinski definition) is 6. The molecular weight excluding hydrogens is 416 g/mol. The molecule has 0 bridgehead atoms. The topological polar surface area (TPSA) is 109 Å². The number of amides is 1. The van der Waals surface area contributed by atoms with Crippen molar-refractivity contribution in [3.8, 4) is 28.1 Å². The number of rotatable bonds is 6. The van der Waals surface area contributed by atoms with E-state index in [0.29, 0.717) is 22.5 Å². The summed E-state index contributed by atoms with van der Waals surface area (Å²) < 4.78 is 7.67. The van der Waals surface area contributed by atoms with Crippen LogP contribution in [-0.2, 0) is 13.7 Å². The normalized spacial score (nSPS) is 10.9. The van der Waals surface area contributed by atoms with E-state index in [1.54, 1.807) is 23.1 Å². The van der Waals surface area contributed by atoms with E-state index in [9.17, 15) is 4.79 Å². The van der Waals surface area contributed by atoms with Gasteiger partial charge in [0.15, 0.2) is 5.82 Å². The van der Waals surface area contributed by atoms with E-state index in [0.717, 1.165) is 22.4 Å². The Hall–Kier alpha value is -4.59. The van der Waals surface area contributed by atoms with E-state index in [-0.39, 0.29) is 12.3 Å². The molecule has 0 saturated heterocycles. The Morgan fingerprint density at radius 2 is 1.73 bits per heavy atom.